The van der Waals surface area contributed by atoms with Gasteiger partial charge in [-0.15, -0.1) is 0 Å². The van der Waals surface area contributed by atoms with Crippen molar-refractivity contribution in [3.05, 3.63) is 35.4 Å². The van der Waals surface area contributed by atoms with Gasteiger partial charge >= 0.3 is 0 Å². The highest BCUT2D eigenvalue weighted by molar-refractivity contribution is 5.59. The summed E-state index contributed by atoms with van der Waals surface area (Å²) >= 11 is 0. The van der Waals surface area contributed by atoms with Crippen molar-refractivity contribution in [1.82, 2.24) is 0 Å². The van der Waals surface area contributed by atoms with Crippen LogP contribution >= 0.6 is 0 Å². The van der Waals surface area contributed by atoms with Gasteiger partial charge in [-0.2, -0.15) is 0 Å². The van der Waals surface area contributed by atoms with E-state index in [9.17, 15) is 0 Å². The lowest BCUT2D eigenvalue weighted by atomic mass is 9.58. The molecule has 20 heavy (non-hydrogen) atoms. The molecule has 2 heteroatoms. The molecule has 0 aliphatic heterocycles. The molecule has 0 N–H and O–H groups in total. The van der Waals surface area contributed by atoms with Crippen LogP contribution in [0.1, 0.15) is 49.1 Å². The van der Waals surface area contributed by atoms with E-state index in [0.29, 0.717) is 17.3 Å². The summed E-state index contributed by atoms with van der Waals surface area (Å²) in [6.45, 7) is 2.12. The molecule has 4 unspecified atom stereocenters. The lowest BCUT2D eigenvalue weighted by molar-refractivity contribution is 0.176. The van der Waals surface area contributed by atoms with Crippen LogP contribution in [0.3, 0.4) is 0 Å². The van der Waals surface area contributed by atoms with Crippen molar-refractivity contribution in [2.45, 2.75) is 38.0 Å². The first kappa shape index (κ1) is 12.3. The molecule has 4 atom stereocenters. The molecule has 106 valence electrons. The normalized spacial score (nSPS) is 36.6. The highest BCUT2D eigenvalue weighted by Crippen LogP contribution is 2.80. The second-order valence-corrected chi connectivity index (χ2v) is 6.48. The number of allylic oxidation sites excluding steroid dienone is 2. The molecule has 0 saturated heterocycles. The Balaban J connectivity index is 1.95. The molecule has 4 rings (SSSR count). The fourth-order valence-electron chi connectivity index (χ4n) is 4.91. The highest BCUT2D eigenvalue weighted by atomic mass is 16.5. The summed E-state index contributed by atoms with van der Waals surface area (Å²) in [6, 6.07) is 4.15. The van der Waals surface area contributed by atoms with E-state index in [4.69, 9.17) is 9.47 Å². The van der Waals surface area contributed by atoms with Crippen molar-refractivity contribution < 1.29 is 9.47 Å². The van der Waals surface area contributed by atoms with Crippen LogP contribution in [0.4, 0.5) is 0 Å². The zero-order valence-electron chi connectivity index (χ0n) is 12.5. The maximum absolute atomic E-state index is 5.68. The van der Waals surface area contributed by atoms with Gasteiger partial charge in [-0.25, -0.2) is 0 Å². The lowest BCUT2D eigenvalue weighted by Gasteiger charge is -2.46. The molecule has 1 aromatic carbocycles. The van der Waals surface area contributed by atoms with Gasteiger partial charge in [0.25, 0.3) is 0 Å². The minimum absolute atomic E-state index is 0.511. The second-order valence-electron chi connectivity index (χ2n) is 6.48. The predicted molar refractivity (Wildman–Crippen MR) is 79.6 cm³/mol. The fraction of sp³-hybridized carbons (Fsp3) is 0.556. The van der Waals surface area contributed by atoms with Crippen molar-refractivity contribution in [3.8, 4) is 11.5 Å². The van der Waals surface area contributed by atoms with Crippen molar-refractivity contribution in [2.75, 3.05) is 14.2 Å². The number of hydrogen-bond acceptors (Lipinski definition) is 2. The monoisotopic (exact) mass is 270 g/mol. The second kappa shape index (κ2) is 4.03. The van der Waals surface area contributed by atoms with Gasteiger partial charge in [-0.3, -0.25) is 0 Å². The van der Waals surface area contributed by atoms with E-state index in [-0.39, 0.29) is 0 Å². The van der Waals surface area contributed by atoms with Crippen LogP contribution in [0.5, 0.6) is 11.5 Å². The SMILES string of the molecule is CC=CC1c2c(OC)ccc(OC)c2C2CCC23CC13. The molecule has 0 radical (unpaired) electrons. The van der Waals surface area contributed by atoms with Crippen LogP contribution in [0.2, 0.25) is 0 Å². The van der Waals surface area contributed by atoms with Gasteiger partial charge in [0, 0.05) is 17.0 Å². The van der Waals surface area contributed by atoms with Crippen molar-refractivity contribution in [3.63, 3.8) is 0 Å². The molecule has 0 bridgehead atoms. The van der Waals surface area contributed by atoms with Gasteiger partial charge in [0.2, 0.25) is 0 Å². The van der Waals surface area contributed by atoms with E-state index in [1.807, 2.05) is 0 Å². The lowest BCUT2D eigenvalue weighted by Crippen LogP contribution is -2.34. The smallest absolute Gasteiger partial charge is 0.123 e. The number of rotatable bonds is 3. The molecule has 2 nitrogen and oxygen atoms in total. The Morgan fingerprint density at radius 3 is 2.40 bits per heavy atom. The molecule has 2 fully saturated rings. The van der Waals surface area contributed by atoms with Gasteiger partial charge in [0.15, 0.2) is 0 Å². The van der Waals surface area contributed by atoms with Gasteiger partial charge < -0.3 is 9.47 Å². The molecule has 0 heterocycles. The molecule has 1 spiro atoms. The van der Waals surface area contributed by atoms with Crippen LogP contribution < -0.4 is 9.47 Å². The number of ether oxygens (including phenoxy) is 2. The fourth-order valence-corrected chi connectivity index (χ4v) is 4.91. The van der Waals surface area contributed by atoms with Crippen molar-refractivity contribution >= 4 is 0 Å². The van der Waals surface area contributed by atoms with E-state index in [0.717, 1.165) is 17.4 Å². The van der Waals surface area contributed by atoms with E-state index < -0.39 is 0 Å². The van der Waals surface area contributed by atoms with E-state index in [1.165, 1.54) is 30.4 Å². The summed E-state index contributed by atoms with van der Waals surface area (Å²) in [5, 5.41) is 0. The molecule has 0 aromatic heterocycles. The van der Waals surface area contributed by atoms with Crippen molar-refractivity contribution in [1.29, 1.82) is 0 Å². The highest BCUT2D eigenvalue weighted by Gasteiger charge is 2.69. The first-order valence-corrected chi connectivity index (χ1v) is 7.64. The van der Waals surface area contributed by atoms with Crippen LogP contribution in [0.15, 0.2) is 24.3 Å². The summed E-state index contributed by atoms with van der Waals surface area (Å²) in [6.07, 6.45) is 8.66. The molecular formula is C18H22O2. The van der Waals surface area contributed by atoms with Crippen LogP contribution in [0.25, 0.3) is 0 Å². The summed E-state index contributed by atoms with van der Waals surface area (Å²) in [5.41, 5.74) is 3.43. The molecular weight excluding hydrogens is 248 g/mol. The Labute approximate surface area is 120 Å². The average Bonchev–Trinajstić information content (AvgIpc) is 3.21. The Hall–Kier alpha value is -1.44. The summed E-state index contributed by atoms with van der Waals surface area (Å²) in [4.78, 5) is 0. The Morgan fingerprint density at radius 2 is 1.85 bits per heavy atom. The number of benzene rings is 1. The summed E-state index contributed by atoms with van der Waals surface area (Å²) in [5.74, 6) is 4.14. The van der Waals surface area contributed by atoms with E-state index >= 15 is 0 Å². The maximum Gasteiger partial charge on any atom is 0.123 e. The Morgan fingerprint density at radius 1 is 1.15 bits per heavy atom. The van der Waals surface area contributed by atoms with Crippen LogP contribution in [0, 0.1) is 11.3 Å². The third-order valence-electron chi connectivity index (χ3n) is 5.93. The Bertz CT molecular complexity index is 589. The Kier molecular flexibility index (Phi) is 2.48. The standard InChI is InChI=1S/C18H22O2/c1-4-5-11-13-10-18(13)9-8-12(18)17-15(20-3)7-6-14(19-2)16(11)17/h4-7,11-13H,8-10H2,1-3H3. The van der Waals surface area contributed by atoms with E-state index in [1.54, 1.807) is 14.2 Å². The number of fused-ring (bicyclic) bond motifs is 2. The minimum Gasteiger partial charge on any atom is -0.496 e. The quantitative estimate of drug-likeness (QED) is 0.764. The number of hydrogen-bond donors (Lipinski definition) is 0. The number of methoxy groups -OCH3 is 2. The van der Waals surface area contributed by atoms with Gasteiger partial charge in [0.1, 0.15) is 11.5 Å². The molecule has 3 aliphatic carbocycles. The summed E-state index contributed by atoms with van der Waals surface area (Å²) in [7, 11) is 3.57. The molecule has 1 aromatic rings. The first-order valence-electron chi connectivity index (χ1n) is 7.64. The maximum atomic E-state index is 5.68. The largest absolute Gasteiger partial charge is 0.496 e. The topological polar surface area (TPSA) is 18.5 Å². The van der Waals surface area contributed by atoms with Gasteiger partial charge in [-0.05, 0) is 55.6 Å². The first-order chi connectivity index (χ1) is 9.76. The molecule has 0 amide bonds. The third-order valence-corrected chi connectivity index (χ3v) is 5.93. The van der Waals surface area contributed by atoms with Gasteiger partial charge in [0.05, 0.1) is 14.2 Å². The van der Waals surface area contributed by atoms with Gasteiger partial charge in [-0.1, -0.05) is 12.2 Å². The average molecular weight is 270 g/mol. The molecule has 3 aliphatic rings. The minimum atomic E-state index is 0.511. The van der Waals surface area contributed by atoms with Crippen LogP contribution in [-0.2, 0) is 0 Å². The van der Waals surface area contributed by atoms with E-state index in [2.05, 4.69) is 31.2 Å². The summed E-state index contributed by atoms with van der Waals surface area (Å²) < 4.78 is 11.3. The van der Waals surface area contributed by atoms with Crippen LogP contribution in [-0.4, -0.2) is 14.2 Å². The zero-order chi connectivity index (χ0) is 13.9. The third kappa shape index (κ3) is 1.30. The van der Waals surface area contributed by atoms with Crippen molar-refractivity contribution in [2.24, 2.45) is 11.3 Å². The molecule has 2 saturated carbocycles. The predicted octanol–water partition coefficient (Wildman–Crippen LogP) is 4.26. The zero-order valence-corrected chi connectivity index (χ0v) is 12.5.